The molecule has 0 radical (unpaired) electrons. The van der Waals surface area contributed by atoms with Crippen molar-refractivity contribution < 1.29 is 9.84 Å². The molecule has 0 saturated carbocycles. The highest BCUT2D eigenvalue weighted by atomic mass is 16.5. The van der Waals surface area contributed by atoms with E-state index >= 15 is 0 Å². The molecule has 0 aromatic rings. The molecule has 1 N–H and O–H groups in total. The van der Waals surface area contributed by atoms with Crippen LogP contribution in [-0.4, -0.2) is 18.3 Å². The van der Waals surface area contributed by atoms with Crippen LogP contribution in [0.1, 0.15) is 45.4 Å². The largest absolute Gasteiger partial charge is 0.499 e. The lowest BCUT2D eigenvalue weighted by molar-refractivity contribution is 0.196. The van der Waals surface area contributed by atoms with Crippen LogP contribution in [-0.2, 0) is 4.74 Å². The lowest BCUT2D eigenvalue weighted by Gasteiger charge is -2.07. The van der Waals surface area contributed by atoms with Gasteiger partial charge in [-0.1, -0.05) is 26.3 Å². The number of aliphatic hydroxyl groups excluding tert-OH is 1. The molecule has 13 heavy (non-hydrogen) atoms. The zero-order valence-electron chi connectivity index (χ0n) is 8.72. The van der Waals surface area contributed by atoms with Crippen LogP contribution in [0.2, 0.25) is 0 Å². The first-order valence-electron chi connectivity index (χ1n) is 5.22. The first kappa shape index (κ1) is 12.5. The fourth-order valence-corrected chi connectivity index (χ4v) is 1.04. The van der Waals surface area contributed by atoms with Gasteiger partial charge in [0.05, 0.1) is 12.4 Å². The van der Waals surface area contributed by atoms with Crippen LogP contribution in [0.25, 0.3) is 0 Å². The maximum atomic E-state index is 8.55. The summed E-state index contributed by atoms with van der Waals surface area (Å²) < 4.78 is 5.41. The van der Waals surface area contributed by atoms with Crippen molar-refractivity contribution >= 4 is 0 Å². The van der Waals surface area contributed by atoms with E-state index in [0.717, 1.165) is 50.9 Å². The van der Waals surface area contributed by atoms with Gasteiger partial charge in [0, 0.05) is 13.0 Å². The Labute approximate surface area is 81.6 Å². The van der Waals surface area contributed by atoms with Crippen molar-refractivity contribution in [3.63, 3.8) is 0 Å². The Morgan fingerprint density at radius 2 is 2.00 bits per heavy atom. The highest BCUT2D eigenvalue weighted by molar-refractivity contribution is 4.81. The van der Waals surface area contributed by atoms with Crippen molar-refractivity contribution in [1.29, 1.82) is 0 Å². The average molecular weight is 186 g/mol. The summed E-state index contributed by atoms with van der Waals surface area (Å²) in [4.78, 5) is 0. The molecular formula is C11H22O2. The minimum Gasteiger partial charge on any atom is -0.499 e. The zero-order chi connectivity index (χ0) is 9.94. The molecule has 0 aliphatic rings. The predicted octanol–water partition coefficient (Wildman–Crippen LogP) is 2.87. The Kier molecular flexibility index (Phi) is 9.22. The van der Waals surface area contributed by atoms with Gasteiger partial charge in [-0.25, -0.2) is 0 Å². The third kappa shape index (κ3) is 9.41. The fraction of sp³-hybridized carbons (Fsp3) is 0.818. The summed E-state index contributed by atoms with van der Waals surface area (Å²) in [6.07, 6.45) is 6.23. The topological polar surface area (TPSA) is 29.5 Å². The van der Waals surface area contributed by atoms with Gasteiger partial charge in [-0.15, -0.1) is 0 Å². The fourth-order valence-electron chi connectivity index (χ4n) is 1.04. The van der Waals surface area contributed by atoms with Gasteiger partial charge in [0.15, 0.2) is 0 Å². The number of rotatable bonds is 9. The van der Waals surface area contributed by atoms with Crippen molar-refractivity contribution in [3.05, 3.63) is 12.3 Å². The van der Waals surface area contributed by atoms with Crippen LogP contribution in [0.4, 0.5) is 0 Å². The Morgan fingerprint density at radius 3 is 2.62 bits per heavy atom. The van der Waals surface area contributed by atoms with Gasteiger partial charge in [0.25, 0.3) is 0 Å². The van der Waals surface area contributed by atoms with Crippen LogP contribution in [0.3, 0.4) is 0 Å². The second kappa shape index (κ2) is 9.59. The quantitative estimate of drug-likeness (QED) is 0.443. The van der Waals surface area contributed by atoms with E-state index < -0.39 is 0 Å². The number of unbranched alkanes of at least 4 members (excludes halogenated alkanes) is 3. The Morgan fingerprint density at radius 1 is 1.23 bits per heavy atom. The van der Waals surface area contributed by atoms with Crippen molar-refractivity contribution in [3.8, 4) is 0 Å². The lowest BCUT2D eigenvalue weighted by atomic mass is 10.2. The van der Waals surface area contributed by atoms with Crippen LogP contribution >= 0.6 is 0 Å². The average Bonchev–Trinajstić information content (AvgIpc) is 2.13. The molecule has 0 atom stereocenters. The molecule has 0 saturated heterocycles. The monoisotopic (exact) mass is 186 g/mol. The molecule has 2 nitrogen and oxygen atoms in total. The van der Waals surface area contributed by atoms with Gasteiger partial charge in [0.2, 0.25) is 0 Å². The summed E-state index contributed by atoms with van der Waals surface area (Å²) in [6.45, 7) is 7.08. The van der Waals surface area contributed by atoms with Crippen LogP contribution in [0.15, 0.2) is 12.3 Å². The maximum Gasteiger partial charge on any atom is 0.0888 e. The van der Waals surface area contributed by atoms with E-state index in [9.17, 15) is 0 Å². The second-order valence-corrected chi connectivity index (χ2v) is 3.27. The number of allylic oxidation sites excluding steroid dienone is 1. The smallest absolute Gasteiger partial charge is 0.0888 e. The third-order valence-electron chi connectivity index (χ3n) is 1.92. The summed E-state index contributed by atoms with van der Waals surface area (Å²) in [7, 11) is 0. The number of aliphatic hydroxyl groups is 1. The van der Waals surface area contributed by atoms with Gasteiger partial charge in [0.1, 0.15) is 0 Å². The molecule has 0 aliphatic heterocycles. The molecule has 0 aromatic carbocycles. The van der Waals surface area contributed by atoms with E-state index in [2.05, 4.69) is 13.5 Å². The van der Waals surface area contributed by atoms with Gasteiger partial charge in [-0.3, -0.25) is 0 Å². The first-order valence-corrected chi connectivity index (χ1v) is 5.22. The Balaban J connectivity index is 3.11. The third-order valence-corrected chi connectivity index (χ3v) is 1.92. The molecular weight excluding hydrogens is 164 g/mol. The molecule has 0 fully saturated rings. The Bertz CT molecular complexity index is 121. The van der Waals surface area contributed by atoms with Gasteiger partial charge in [-0.2, -0.15) is 0 Å². The molecule has 0 rings (SSSR count). The first-order chi connectivity index (χ1) is 6.31. The predicted molar refractivity (Wildman–Crippen MR) is 55.6 cm³/mol. The van der Waals surface area contributed by atoms with E-state index in [0.29, 0.717) is 6.61 Å². The van der Waals surface area contributed by atoms with Gasteiger partial charge < -0.3 is 9.84 Å². The van der Waals surface area contributed by atoms with Crippen molar-refractivity contribution in [2.75, 3.05) is 13.2 Å². The zero-order valence-corrected chi connectivity index (χ0v) is 8.72. The second-order valence-electron chi connectivity index (χ2n) is 3.27. The standard InChI is InChI=1S/C11H22O2/c1-3-4-10-13-11(2)8-6-5-7-9-12/h12H,2-10H2,1H3. The molecule has 0 aromatic heterocycles. The minimum atomic E-state index is 0.295. The van der Waals surface area contributed by atoms with E-state index in [1.54, 1.807) is 0 Å². The van der Waals surface area contributed by atoms with E-state index in [1.165, 1.54) is 0 Å². The van der Waals surface area contributed by atoms with Crippen LogP contribution < -0.4 is 0 Å². The molecule has 0 bridgehead atoms. The summed E-state index contributed by atoms with van der Waals surface area (Å²) in [5.74, 6) is 0.895. The number of ether oxygens (including phenoxy) is 1. The van der Waals surface area contributed by atoms with Crippen molar-refractivity contribution in [1.82, 2.24) is 0 Å². The lowest BCUT2D eigenvalue weighted by Crippen LogP contribution is -1.94. The summed E-state index contributed by atoms with van der Waals surface area (Å²) >= 11 is 0. The van der Waals surface area contributed by atoms with Crippen molar-refractivity contribution in [2.24, 2.45) is 0 Å². The van der Waals surface area contributed by atoms with E-state index in [4.69, 9.17) is 9.84 Å². The summed E-state index contributed by atoms with van der Waals surface area (Å²) in [5.41, 5.74) is 0. The number of hydrogen-bond donors (Lipinski definition) is 1. The molecule has 0 spiro atoms. The minimum absolute atomic E-state index is 0.295. The Hall–Kier alpha value is -0.500. The maximum absolute atomic E-state index is 8.55. The molecule has 0 unspecified atom stereocenters. The summed E-state index contributed by atoms with van der Waals surface area (Å²) in [6, 6.07) is 0. The SMILES string of the molecule is C=C(CCCCCO)OCCCC. The molecule has 0 amide bonds. The van der Waals surface area contributed by atoms with Crippen LogP contribution in [0.5, 0.6) is 0 Å². The van der Waals surface area contributed by atoms with E-state index in [1.807, 2.05) is 0 Å². The molecule has 0 aliphatic carbocycles. The van der Waals surface area contributed by atoms with Gasteiger partial charge >= 0.3 is 0 Å². The van der Waals surface area contributed by atoms with Crippen molar-refractivity contribution in [2.45, 2.75) is 45.4 Å². The highest BCUT2D eigenvalue weighted by Gasteiger charge is 1.95. The van der Waals surface area contributed by atoms with Gasteiger partial charge in [-0.05, 0) is 19.3 Å². The highest BCUT2D eigenvalue weighted by Crippen LogP contribution is 2.08. The normalized spacial score (nSPS) is 10.0. The molecule has 2 heteroatoms. The summed E-state index contributed by atoms with van der Waals surface area (Å²) in [5, 5.41) is 8.55. The molecule has 0 heterocycles. The van der Waals surface area contributed by atoms with E-state index in [-0.39, 0.29) is 0 Å². The van der Waals surface area contributed by atoms with Crippen LogP contribution in [0, 0.1) is 0 Å². The number of hydrogen-bond acceptors (Lipinski definition) is 2. The molecule has 78 valence electrons.